The van der Waals surface area contributed by atoms with Gasteiger partial charge < -0.3 is 20.3 Å². The molecule has 0 aromatic rings. The van der Waals surface area contributed by atoms with Gasteiger partial charge in [0.2, 0.25) is 0 Å². The molecule has 140 valence electrons. The second-order valence-electron chi connectivity index (χ2n) is 8.31. The largest absolute Gasteiger partial charge is 0.383 e. The minimum absolute atomic E-state index is 0.520. The molecular weight excluding hydrogens is 300 g/mol. The van der Waals surface area contributed by atoms with Crippen molar-refractivity contribution in [3.8, 4) is 0 Å². The summed E-state index contributed by atoms with van der Waals surface area (Å²) in [7, 11) is 3.66. The number of likely N-dealkylation sites (tertiary alicyclic amines) is 1. The average Bonchev–Trinajstić information content (AvgIpc) is 2.59. The van der Waals surface area contributed by atoms with Gasteiger partial charge in [0.25, 0.3) is 0 Å². The maximum atomic E-state index is 5.17. The highest BCUT2D eigenvalue weighted by molar-refractivity contribution is 5.79. The Kier molecular flexibility index (Phi) is 7.82. The zero-order valence-corrected chi connectivity index (χ0v) is 16.2. The predicted molar refractivity (Wildman–Crippen MR) is 102 cm³/mol. The number of ether oxygens (including phenoxy) is 1. The molecule has 2 N–H and O–H groups in total. The molecule has 2 rings (SSSR count). The van der Waals surface area contributed by atoms with Crippen LogP contribution >= 0.6 is 0 Å². The quantitative estimate of drug-likeness (QED) is 0.577. The zero-order valence-electron chi connectivity index (χ0n) is 16.2. The van der Waals surface area contributed by atoms with Crippen molar-refractivity contribution in [2.24, 2.45) is 16.3 Å². The number of hydrogen-bond donors (Lipinski definition) is 2. The lowest BCUT2D eigenvalue weighted by atomic mass is 9.75. The Morgan fingerprint density at radius 2 is 1.83 bits per heavy atom. The summed E-state index contributed by atoms with van der Waals surface area (Å²) < 4.78 is 5.17. The van der Waals surface area contributed by atoms with Crippen LogP contribution < -0.4 is 10.6 Å². The number of rotatable bonds is 6. The maximum Gasteiger partial charge on any atom is 0.191 e. The summed E-state index contributed by atoms with van der Waals surface area (Å²) in [5, 5.41) is 7.19. The van der Waals surface area contributed by atoms with Gasteiger partial charge >= 0.3 is 0 Å². The van der Waals surface area contributed by atoms with E-state index >= 15 is 0 Å². The van der Waals surface area contributed by atoms with E-state index in [4.69, 9.17) is 4.74 Å². The minimum atomic E-state index is 0.520. The second-order valence-corrected chi connectivity index (χ2v) is 8.31. The van der Waals surface area contributed by atoms with Crippen LogP contribution in [0.15, 0.2) is 4.99 Å². The van der Waals surface area contributed by atoms with E-state index in [0.717, 1.165) is 31.6 Å². The topological polar surface area (TPSA) is 48.9 Å². The first-order chi connectivity index (χ1) is 11.5. The lowest BCUT2D eigenvalue weighted by Crippen LogP contribution is -2.47. The molecule has 0 aromatic carbocycles. The fourth-order valence-electron chi connectivity index (χ4n) is 3.81. The first-order valence-electron chi connectivity index (χ1n) is 9.71. The third-order valence-corrected chi connectivity index (χ3v) is 5.78. The predicted octanol–water partition coefficient (Wildman–Crippen LogP) is 2.48. The lowest BCUT2D eigenvalue weighted by Gasteiger charge is -2.35. The molecule has 0 atom stereocenters. The van der Waals surface area contributed by atoms with Gasteiger partial charge in [0.1, 0.15) is 0 Å². The Bertz CT molecular complexity index is 379. The molecule has 2 fully saturated rings. The highest BCUT2D eigenvalue weighted by atomic mass is 16.5. The fourth-order valence-corrected chi connectivity index (χ4v) is 3.81. The first-order valence-corrected chi connectivity index (χ1v) is 9.71. The van der Waals surface area contributed by atoms with Crippen LogP contribution in [0, 0.1) is 11.3 Å². The van der Waals surface area contributed by atoms with Crippen molar-refractivity contribution in [3.05, 3.63) is 0 Å². The molecule has 0 aromatic heterocycles. The molecule has 1 aliphatic carbocycles. The number of nitrogens with zero attached hydrogens (tertiary/aromatic N) is 2. The van der Waals surface area contributed by atoms with Crippen LogP contribution in [0.25, 0.3) is 0 Å². The Hall–Kier alpha value is -0.810. The number of hydrogen-bond acceptors (Lipinski definition) is 3. The van der Waals surface area contributed by atoms with Crippen LogP contribution in [0.2, 0.25) is 0 Å². The fraction of sp³-hybridized carbons (Fsp3) is 0.947. The summed E-state index contributed by atoms with van der Waals surface area (Å²) in [4.78, 5) is 6.94. The van der Waals surface area contributed by atoms with E-state index in [-0.39, 0.29) is 0 Å². The van der Waals surface area contributed by atoms with E-state index in [0.29, 0.717) is 11.5 Å². The van der Waals surface area contributed by atoms with E-state index in [1.165, 1.54) is 51.6 Å². The van der Waals surface area contributed by atoms with Crippen molar-refractivity contribution < 1.29 is 4.74 Å². The molecule has 1 heterocycles. The summed E-state index contributed by atoms with van der Waals surface area (Å²) in [6.45, 7) is 10.1. The summed E-state index contributed by atoms with van der Waals surface area (Å²) in [5.41, 5.74) is 0.520. The summed E-state index contributed by atoms with van der Waals surface area (Å²) in [6.07, 6.45) is 7.66. The Balaban J connectivity index is 1.64. The van der Waals surface area contributed by atoms with Gasteiger partial charge in [0.05, 0.1) is 6.61 Å². The number of piperidine rings is 1. The standard InChI is InChI=1S/C19H38N4O/c1-19(2)9-5-17(6-10-19)22-18(20-3)21-15-16-7-11-23(12-8-16)13-14-24-4/h16-17H,5-15H2,1-4H3,(H2,20,21,22). The van der Waals surface area contributed by atoms with E-state index < -0.39 is 0 Å². The monoisotopic (exact) mass is 338 g/mol. The van der Waals surface area contributed by atoms with Gasteiger partial charge in [-0.15, -0.1) is 0 Å². The van der Waals surface area contributed by atoms with Crippen LogP contribution in [-0.4, -0.2) is 63.8 Å². The molecule has 0 unspecified atom stereocenters. The molecule has 1 aliphatic heterocycles. The molecule has 0 amide bonds. The average molecular weight is 339 g/mol. The van der Waals surface area contributed by atoms with Crippen molar-refractivity contribution in [1.82, 2.24) is 15.5 Å². The highest BCUT2D eigenvalue weighted by Crippen LogP contribution is 2.34. The minimum Gasteiger partial charge on any atom is -0.383 e. The summed E-state index contributed by atoms with van der Waals surface area (Å²) >= 11 is 0. The molecule has 5 heteroatoms. The van der Waals surface area contributed by atoms with Gasteiger partial charge in [-0.2, -0.15) is 0 Å². The van der Waals surface area contributed by atoms with Crippen molar-refractivity contribution in [3.63, 3.8) is 0 Å². The van der Waals surface area contributed by atoms with Gasteiger partial charge in [-0.25, -0.2) is 0 Å². The Morgan fingerprint density at radius 1 is 1.17 bits per heavy atom. The molecule has 5 nitrogen and oxygen atoms in total. The third kappa shape index (κ3) is 6.60. The molecule has 1 saturated heterocycles. The molecule has 0 spiro atoms. The number of aliphatic imine (C=N–C) groups is 1. The van der Waals surface area contributed by atoms with Crippen LogP contribution in [0.5, 0.6) is 0 Å². The van der Waals surface area contributed by atoms with E-state index in [2.05, 4.69) is 34.4 Å². The van der Waals surface area contributed by atoms with Crippen LogP contribution in [0.3, 0.4) is 0 Å². The second kappa shape index (κ2) is 9.62. The highest BCUT2D eigenvalue weighted by Gasteiger charge is 2.27. The van der Waals surface area contributed by atoms with Crippen molar-refractivity contribution in [2.75, 3.05) is 46.9 Å². The van der Waals surface area contributed by atoms with Gasteiger partial charge in [-0.3, -0.25) is 4.99 Å². The Labute approximate surface area is 148 Å². The first kappa shape index (κ1) is 19.5. The number of nitrogens with one attached hydrogen (secondary N) is 2. The normalized spacial score (nSPS) is 24.1. The van der Waals surface area contributed by atoms with Crippen molar-refractivity contribution in [2.45, 2.75) is 58.4 Å². The van der Waals surface area contributed by atoms with Gasteiger partial charge in [0, 0.05) is 33.3 Å². The molecule has 1 saturated carbocycles. The number of methoxy groups -OCH3 is 1. The van der Waals surface area contributed by atoms with E-state index in [1.54, 1.807) is 7.11 Å². The summed E-state index contributed by atoms with van der Waals surface area (Å²) in [6, 6.07) is 0.583. The van der Waals surface area contributed by atoms with Gasteiger partial charge in [-0.1, -0.05) is 13.8 Å². The molecule has 2 aliphatic rings. The van der Waals surface area contributed by atoms with Gasteiger partial charge in [0.15, 0.2) is 5.96 Å². The molecule has 24 heavy (non-hydrogen) atoms. The molecular formula is C19H38N4O. The lowest BCUT2D eigenvalue weighted by molar-refractivity contribution is 0.120. The van der Waals surface area contributed by atoms with Crippen molar-refractivity contribution >= 4 is 5.96 Å². The van der Waals surface area contributed by atoms with E-state index in [9.17, 15) is 0 Å². The maximum absolute atomic E-state index is 5.17. The smallest absolute Gasteiger partial charge is 0.191 e. The van der Waals surface area contributed by atoms with Crippen LogP contribution in [0.1, 0.15) is 52.4 Å². The summed E-state index contributed by atoms with van der Waals surface area (Å²) in [5.74, 6) is 1.74. The van der Waals surface area contributed by atoms with Crippen molar-refractivity contribution in [1.29, 1.82) is 0 Å². The molecule has 0 bridgehead atoms. The SMILES string of the molecule is CN=C(NCC1CCN(CCOC)CC1)NC1CCC(C)(C)CC1. The Morgan fingerprint density at radius 3 is 2.42 bits per heavy atom. The van der Waals surface area contributed by atoms with Crippen LogP contribution in [-0.2, 0) is 4.74 Å². The third-order valence-electron chi connectivity index (χ3n) is 5.78. The van der Waals surface area contributed by atoms with E-state index in [1.807, 2.05) is 7.05 Å². The molecule has 0 radical (unpaired) electrons. The van der Waals surface area contributed by atoms with Gasteiger partial charge in [-0.05, 0) is 62.9 Å². The number of guanidine groups is 1. The van der Waals surface area contributed by atoms with Crippen LogP contribution in [0.4, 0.5) is 0 Å². The zero-order chi connectivity index (χ0) is 17.4.